The van der Waals surface area contributed by atoms with E-state index in [4.69, 9.17) is 5.26 Å². The number of hydrogen-bond acceptors (Lipinski definition) is 4. The van der Waals surface area contributed by atoms with Gasteiger partial charge in [0.2, 0.25) is 0 Å². The molecule has 1 N–H and O–H groups in total. The number of nitro groups is 1. The minimum Gasteiger partial charge on any atom is -0.336 e. The Morgan fingerprint density at radius 3 is 2.79 bits per heavy atom. The molecule has 1 saturated carbocycles. The van der Waals surface area contributed by atoms with Gasteiger partial charge >= 0.3 is 0 Å². The molecule has 1 unspecified atom stereocenters. The Kier molecular flexibility index (Phi) is 3.81. The van der Waals surface area contributed by atoms with E-state index < -0.39 is 16.9 Å². The summed E-state index contributed by atoms with van der Waals surface area (Å²) in [6.07, 6.45) is 1.85. The Bertz CT molecular complexity index is 578. The lowest BCUT2D eigenvalue weighted by molar-refractivity contribution is -0.384. The predicted octanol–water partition coefficient (Wildman–Crippen LogP) is 2.39. The van der Waals surface area contributed by atoms with Crippen LogP contribution in [0.15, 0.2) is 22.7 Å². The topological polar surface area (TPSA) is 96.0 Å². The third kappa shape index (κ3) is 3.09. The number of nitriles is 1. The van der Waals surface area contributed by atoms with Crippen molar-refractivity contribution in [3.8, 4) is 6.07 Å². The van der Waals surface area contributed by atoms with E-state index in [1.807, 2.05) is 6.07 Å². The van der Waals surface area contributed by atoms with Crippen LogP contribution >= 0.6 is 15.9 Å². The molecule has 6 nitrogen and oxygen atoms in total. The number of carbonyl (C=O) groups is 1. The normalized spacial score (nSPS) is 15.4. The molecule has 0 heterocycles. The predicted molar refractivity (Wildman–Crippen MR) is 70.4 cm³/mol. The van der Waals surface area contributed by atoms with E-state index in [0.717, 1.165) is 12.8 Å². The minimum atomic E-state index is -0.564. The summed E-state index contributed by atoms with van der Waals surface area (Å²) in [7, 11) is 0. The number of nitrogens with zero attached hydrogens (tertiary/aromatic N) is 2. The monoisotopic (exact) mass is 323 g/mol. The zero-order valence-corrected chi connectivity index (χ0v) is 11.4. The van der Waals surface area contributed by atoms with E-state index >= 15 is 0 Å². The molecule has 0 bridgehead atoms. The van der Waals surface area contributed by atoms with Crippen LogP contribution < -0.4 is 5.32 Å². The maximum absolute atomic E-state index is 12.0. The molecule has 0 radical (unpaired) electrons. The van der Waals surface area contributed by atoms with E-state index in [1.165, 1.54) is 18.2 Å². The van der Waals surface area contributed by atoms with Crippen molar-refractivity contribution < 1.29 is 9.72 Å². The van der Waals surface area contributed by atoms with Gasteiger partial charge in [0.15, 0.2) is 0 Å². The summed E-state index contributed by atoms with van der Waals surface area (Å²) in [5, 5.41) is 22.2. The number of amides is 1. The molecule has 2 rings (SSSR count). The molecule has 19 heavy (non-hydrogen) atoms. The Balaban J connectivity index is 2.20. The maximum atomic E-state index is 12.0. The average molecular weight is 324 g/mol. The van der Waals surface area contributed by atoms with Crippen LogP contribution in [0.25, 0.3) is 0 Å². The highest BCUT2D eigenvalue weighted by molar-refractivity contribution is 9.10. The first-order chi connectivity index (χ1) is 9.02. The van der Waals surface area contributed by atoms with Crippen LogP contribution in [0.5, 0.6) is 0 Å². The van der Waals surface area contributed by atoms with Gasteiger partial charge in [-0.05, 0) is 40.8 Å². The van der Waals surface area contributed by atoms with Crippen molar-refractivity contribution in [2.75, 3.05) is 0 Å². The first-order valence-electron chi connectivity index (χ1n) is 5.67. The van der Waals surface area contributed by atoms with Crippen LogP contribution in [0.1, 0.15) is 23.2 Å². The highest BCUT2D eigenvalue weighted by Gasteiger charge is 2.33. The van der Waals surface area contributed by atoms with E-state index in [9.17, 15) is 14.9 Å². The van der Waals surface area contributed by atoms with Crippen molar-refractivity contribution in [3.63, 3.8) is 0 Å². The number of halogens is 1. The lowest BCUT2D eigenvalue weighted by Gasteiger charge is -2.11. The second-order valence-electron chi connectivity index (χ2n) is 4.34. The summed E-state index contributed by atoms with van der Waals surface area (Å²) < 4.78 is 0.461. The second-order valence-corrected chi connectivity index (χ2v) is 5.19. The van der Waals surface area contributed by atoms with Gasteiger partial charge in [0.25, 0.3) is 11.6 Å². The highest BCUT2D eigenvalue weighted by Crippen LogP contribution is 2.32. The van der Waals surface area contributed by atoms with E-state index in [1.54, 1.807) is 0 Å². The fraction of sp³-hybridized carbons (Fsp3) is 0.333. The quantitative estimate of drug-likeness (QED) is 0.679. The van der Waals surface area contributed by atoms with Gasteiger partial charge in [-0.2, -0.15) is 5.26 Å². The zero-order valence-electron chi connectivity index (χ0n) is 9.80. The molecule has 1 fully saturated rings. The number of benzene rings is 1. The number of nitrogens with one attached hydrogen (secondary N) is 1. The standard InChI is InChI=1S/C12H10BrN3O3/c13-10-4-3-8(16(18)19)5-9(10)12(17)15-11(6-14)7-1-2-7/h3-5,7,11H,1-2H2,(H,15,17). The SMILES string of the molecule is N#CC(NC(=O)c1cc([N+](=O)[O-])ccc1Br)C1CC1. The van der Waals surface area contributed by atoms with Crippen molar-refractivity contribution in [1.29, 1.82) is 5.26 Å². The smallest absolute Gasteiger partial charge is 0.270 e. The van der Waals surface area contributed by atoms with E-state index in [-0.39, 0.29) is 17.2 Å². The second kappa shape index (κ2) is 5.36. The number of hydrogen-bond donors (Lipinski definition) is 1. The first-order valence-corrected chi connectivity index (χ1v) is 6.46. The summed E-state index contributed by atoms with van der Waals surface area (Å²) in [5.74, 6) is -0.277. The largest absolute Gasteiger partial charge is 0.336 e. The fourth-order valence-electron chi connectivity index (χ4n) is 1.70. The molecule has 1 atom stereocenters. The average Bonchev–Trinajstić information content (AvgIpc) is 3.20. The molecule has 0 spiro atoms. The van der Waals surface area contributed by atoms with Gasteiger partial charge in [-0.1, -0.05) is 0 Å². The van der Waals surface area contributed by atoms with Crippen molar-refractivity contribution in [2.24, 2.45) is 5.92 Å². The molecule has 0 aromatic heterocycles. The molecule has 1 aromatic rings. The van der Waals surface area contributed by atoms with Crippen LogP contribution in [0.4, 0.5) is 5.69 Å². The molecule has 1 aliphatic rings. The number of non-ortho nitro benzene ring substituents is 1. The van der Waals surface area contributed by atoms with Gasteiger partial charge < -0.3 is 5.32 Å². The Morgan fingerprint density at radius 1 is 1.58 bits per heavy atom. The molecule has 0 saturated heterocycles. The summed E-state index contributed by atoms with van der Waals surface area (Å²) in [6, 6.07) is 5.47. The van der Waals surface area contributed by atoms with Gasteiger partial charge in [-0.15, -0.1) is 0 Å². The molecular weight excluding hydrogens is 314 g/mol. The summed E-state index contributed by atoms with van der Waals surface area (Å²) in [4.78, 5) is 22.2. The van der Waals surface area contributed by atoms with Crippen molar-refractivity contribution in [2.45, 2.75) is 18.9 Å². The Hall–Kier alpha value is -1.94. The Morgan fingerprint density at radius 2 is 2.26 bits per heavy atom. The molecule has 98 valence electrons. The van der Waals surface area contributed by atoms with Gasteiger partial charge in [0.1, 0.15) is 6.04 Å². The van der Waals surface area contributed by atoms with Crippen LogP contribution in [-0.4, -0.2) is 16.9 Å². The van der Waals surface area contributed by atoms with Crippen LogP contribution in [-0.2, 0) is 0 Å². The number of rotatable bonds is 4. The third-order valence-corrected chi connectivity index (χ3v) is 3.62. The first kappa shape index (κ1) is 13.5. The molecular formula is C12H10BrN3O3. The molecule has 1 aliphatic carbocycles. The van der Waals surface area contributed by atoms with Crippen LogP contribution in [0.3, 0.4) is 0 Å². The van der Waals surface area contributed by atoms with Crippen molar-refractivity contribution in [1.82, 2.24) is 5.32 Å². The van der Waals surface area contributed by atoms with E-state index in [2.05, 4.69) is 21.2 Å². The third-order valence-electron chi connectivity index (χ3n) is 2.92. The molecule has 7 heteroatoms. The van der Waals surface area contributed by atoms with Crippen molar-refractivity contribution >= 4 is 27.5 Å². The lowest BCUT2D eigenvalue weighted by Crippen LogP contribution is -2.35. The highest BCUT2D eigenvalue weighted by atomic mass is 79.9. The lowest BCUT2D eigenvalue weighted by atomic mass is 10.1. The van der Waals surface area contributed by atoms with Gasteiger partial charge in [0.05, 0.1) is 16.6 Å². The van der Waals surface area contributed by atoms with Gasteiger partial charge in [0, 0.05) is 16.6 Å². The summed E-state index contributed by atoms with van der Waals surface area (Å²) in [5.41, 5.74) is 0.00313. The van der Waals surface area contributed by atoms with Gasteiger partial charge in [-0.3, -0.25) is 14.9 Å². The zero-order chi connectivity index (χ0) is 14.0. The summed E-state index contributed by atoms with van der Waals surface area (Å²) in [6.45, 7) is 0. The van der Waals surface area contributed by atoms with E-state index in [0.29, 0.717) is 4.47 Å². The van der Waals surface area contributed by atoms with Crippen LogP contribution in [0.2, 0.25) is 0 Å². The minimum absolute atomic E-state index is 0.159. The number of nitro benzene ring substituents is 1. The maximum Gasteiger partial charge on any atom is 0.270 e. The summed E-state index contributed by atoms with van der Waals surface area (Å²) >= 11 is 3.18. The number of carbonyl (C=O) groups excluding carboxylic acids is 1. The molecule has 0 aliphatic heterocycles. The van der Waals surface area contributed by atoms with Crippen molar-refractivity contribution in [3.05, 3.63) is 38.3 Å². The molecule has 1 amide bonds. The van der Waals surface area contributed by atoms with Gasteiger partial charge in [-0.25, -0.2) is 0 Å². The Labute approximate surface area is 117 Å². The molecule has 1 aromatic carbocycles. The fourth-order valence-corrected chi connectivity index (χ4v) is 2.13. The van der Waals surface area contributed by atoms with Crippen LogP contribution in [0, 0.1) is 27.4 Å².